The standard InChI is InChI=1S/C21H24N2O5S/c1-15-7-9-16(10-8-15)19(14-20(24)28-2)22-21(25)17-5-3-6-18(13-17)23-11-4-12-29(23,26)27/h3,5-10,13,19H,4,11-12,14H2,1-2H3,(H,22,25). The number of esters is 1. The van der Waals surface area contributed by atoms with Crippen molar-refractivity contribution in [2.45, 2.75) is 25.8 Å². The Kier molecular flexibility index (Phi) is 6.22. The van der Waals surface area contributed by atoms with Gasteiger partial charge in [0, 0.05) is 12.1 Å². The highest BCUT2D eigenvalue weighted by Gasteiger charge is 2.29. The summed E-state index contributed by atoms with van der Waals surface area (Å²) in [6.07, 6.45) is 0.554. The van der Waals surface area contributed by atoms with E-state index in [1.54, 1.807) is 24.3 Å². The van der Waals surface area contributed by atoms with Crippen LogP contribution >= 0.6 is 0 Å². The second-order valence-electron chi connectivity index (χ2n) is 7.01. The first-order chi connectivity index (χ1) is 13.8. The lowest BCUT2D eigenvalue weighted by Crippen LogP contribution is -2.31. The first-order valence-corrected chi connectivity index (χ1v) is 11.0. The van der Waals surface area contributed by atoms with Crippen molar-refractivity contribution in [1.82, 2.24) is 5.32 Å². The topological polar surface area (TPSA) is 92.8 Å². The number of nitrogens with one attached hydrogen (secondary N) is 1. The maximum Gasteiger partial charge on any atom is 0.307 e. The fraction of sp³-hybridized carbons (Fsp3) is 0.333. The Morgan fingerprint density at radius 2 is 1.90 bits per heavy atom. The van der Waals surface area contributed by atoms with Crippen molar-refractivity contribution in [1.29, 1.82) is 0 Å². The van der Waals surface area contributed by atoms with E-state index in [9.17, 15) is 18.0 Å². The second kappa shape index (κ2) is 8.65. The molecule has 0 aromatic heterocycles. The number of anilines is 1. The van der Waals surface area contributed by atoms with Crippen molar-refractivity contribution in [3.05, 3.63) is 65.2 Å². The summed E-state index contributed by atoms with van der Waals surface area (Å²) in [5.74, 6) is -0.719. The largest absolute Gasteiger partial charge is 0.469 e. The minimum Gasteiger partial charge on any atom is -0.469 e. The summed E-state index contributed by atoms with van der Waals surface area (Å²) in [6.45, 7) is 2.36. The predicted octanol–water partition coefficient (Wildman–Crippen LogP) is 2.57. The van der Waals surface area contributed by atoms with Crippen LogP contribution in [0.3, 0.4) is 0 Å². The molecule has 1 unspecified atom stereocenters. The summed E-state index contributed by atoms with van der Waals surface area (Å²) in [5, 5.41) is 2.87. The first-order valence-electron chi connectivity index (χ1n) is 9.35. The number of hydrogen-bond donors (Lipinski definition) is 1. The molecule has 7 nitrogen and oxygen atoms in total. The summed E-state index contributed by atoms with van der Waals surface area (Å²) < 4.78 is 30.4. The number of ether oxygens (including phenoxy) is 1. The van der Waals surface area contributed by atoms with Crippen LogP contribution < -0.4 is 9.62 Å². The Balaban J connectivity index is 1.83. The molecule has 8 heteroatoms. The Hall–Kier alpha value is -2.87. The van der Waals surface area contributed by atoms with Crippen LogP contribution in [0.5, 0.6) is 0 Å². The predicted molar refractivity (Wildman–Crippen MR) is 110 cm³/mol. The van der Waals surface area contributed by atoms with E-state index in [4.69, 9.17) is 4.74 Å². The van der Waals surface area contributed by atoms with E-state index >= 15 is 0 Å². The van der Waals surface area contributed by atoms with E-state index in [0.717, 1.165) is 11.1 Å². The Bertz CT molecular complexity index is 1000. The lowest BCUT2D eigenvalue weighted by molar-refractivity contribution is -0.141. The van der Waals surface area contributed by atoms with E-state index in [1.807, 2.05) is 31.2 Å². The van der Waals surface area contributed by atoms with Gasteiger partial charge in [-0.15, -0.1) is 0 Å². The highest BCUT2D eigenvalue weighted by atomic mass is 32.2. The van der Waals surface area contributed by atoms with Crippen molar-refractivity contribution in [2.75, 3.05) is 23.7 Å². The lowest BCUT2D eigenvalue weighted by atomic mass is 10.0. The van der Waals surface area contributed by atoms with Crippen molar-refractivity contribution in [3.8, 4) is 0 Å². The number of nitrogens with zero attached hydrogens (tertiary/aromatic N) is 1. The van der Waals surface area contributed by atoms with Crippen LogP contribution in [0.2, 0.25) is 0 Å². The van der Waals surface area contributed by atoms with Crippen LogP contribution in [0, 0.1) is 6.92 Å². The van der Waals surface area contributed by atoms with Gasteiger partial charge in [0.15, 0.2) is 0 Å². The number of methoxy groups -OCH3 is 1. The molecule has 1 aliphatic heterocycles. The summed E-state index contributed by atoms with van der Waals surface area (Å²) >= 11 is 0. The second-order valence-corrected chi connectivity index (χ2v) is 9.02. The zero-order valence-electron chi connectivity index (χ0n) is 16.4. The number of benzene rings is 2. The van der Waals surface area contributed by atoms with E-state index in [-0.39, 0.29) is 12.2 Å². The fourth-order valence-corrected chi connectivity index (χ4v) is 4.83. The van der Waals surface area contributed by atoms with Crippen LogP contribution in [-0.2, 0) is 19.6 Å². The van der Waals surface area contributed by atoms with Crippen molar-refractivity contribution in [2.24, 2.45) is 0 Å². The van der Waals surface area contributed by atoms with Gasteiger partial charge in [0.05, 0.1) is 31.0 Å². The molecule has 2 aromatic rings. The van der Waals surface area contributed by atoms with Gasteiger partial charge in [0.2, 0.25) is 10.0 Å². The Labute approximate surface area is 170 Å². The Morgan fingerprint density at radius 1 is 1.17 bits per heavy atom. The number of amides is 1. The fourth-order valence-electron chi connectivity index (χ4n) is 3.27. The third-order valence-electron chi connectivity index (χ3n) is 4.88. The SMILES string of the molecule is COC(=O)CC(NC(=O)c1cccc(N2CCCS2(=O)=O)c1)c1ccc(C)cc1. The minimum atomic E-state index is -3.33. The first kappa shape index (κ1) is 20.9. The summed E-state index contributed by atoms with van der Waals surface area (Å²) in [7, 11) is -2.03. The van der Waals surface area contributed by atoms with Crippen LogP contribution in [0.1, 0.15) is 40.4 Å². The molecule has 1 saturated heterocycles. The molecule has 3 rings (SSSR count). The number of carbonyl (C=O) groups is 2. The van der Waals surface area contributed by atoms with Crippen LogP contribution in [0.4, 0.5) is 5.69 Å². The van der Waals surface area contributed by atoms with Crippen LogP contribution in [0.15, 0.2) is 48.5 Å². The van der Waals surface area contributed by atoms with Gasteiger partial charge in [-0.1, -0.05) is 35.9 Å². The zero-order valence-corrected chi connectivity index (χ0v) is 17.2. The number of aryl methyl sites for hydroxylation is 1. The van der Waals surface area contributed by atoms with E-state index < -0.39 is 27.9 Å². The van der Waals surface area contributed by atoms with E-state index in [2.05, 4.69) is 5.32 Å². The quantitative estimate of drug-likeness (QED) is 0.731. The van der Waals surface area contributed by atoms with E-state index in [1.165, 1.54) is 11.4 Å². The van der Waals surface area contributed by atoms with Gasteiger partial charge in [-0.05, 0) is 37.1 Å². The molecule has 2 aromatic carbocycles. The third-order valence-corrected chi connectivity index (χ3v) is 6.75. The maximum absolute atomic E-state index is 12.9. The number of hydrogen-bond acceptors (Lipinski definition) is 5. The normalized spacial score (nSPS) is 16.3. The number of carbonyl (C=O) groups excluding carboxylic acids is 2. The molecular formula is C21H24N2O5S. The summed E-state index contributed by atoms with van der Waals surface area (Å²) in [4.78, 5) is 24.7. The lowest BCUT2D eigenvalue weighted by Gasteiger charge is -2.20. The molecule has 29 heavy (non-hydrogen) atoms. The average Bonchev–Trinajstić information content (AvgIpc) is 3.07. The van der Waals surface area contributed by atoms with Gasteiger partial charge in [-0.25, -0.2) is 8.42 Å². The molecule has 0 aliphatic carbocycles. The summed E-state index contributed by atoms with van der Waals surface area (Å²) in [5.41, 5.74) is 2.64. The molecule has 0 saturated carbocycles. The monoisotopic (exact) mass is 416 g/mol. The molecule has 0 radical (unpaired) electrons. The molecule has 1 heterocycles. The summed E-state index contributed by atoms with van der Waals surface area (Å²) in [6, 6.07) is 13.5. The molecule has 1 atom stereocenters. The molecule has 1 fully saturated rings. The Morgan fingerprint density at radius 3 is 2.52 bits per heavy atom. The maximum atomic E-state index is 12.9. The van der Waals surface area contributed by atoms with Gasteiger partial charge in [0.1, 0.15) is 0 Å². The van der Waals surface area contributed by atoms with Gasteiger partial charge in [0.25, 0.3) is 5.91 Å². The third kappa shape index (κ3) is 4.95. The number of rotatable bonds is 6. The van der Waals surface area contributed by atoms with Crippen molar-refractivity contribution in [3.63, 3.8) is 0 Å². The molecule has 1 amide bonds. The highest BCUT2D eigenvalue weighted by Crippen LogP contribution is 2.25. The van der Waals surface area contributed by atoms with Gasteiger partial charge >= 0.3 is 5.97 Å². The molecule has 0 bridgehead atoms. The average molecular weight is 416 g/mol. The van der Waals surface area contributed by atoms with Crippen molar-refractivity contribution < 1.29 is 22.7 Å². The smallest absolute Gasteiger partial charge is 0.307 e. The van der Waals surface area contributed by atoms with Crippen molar-refractivity contribution >= 4 is 27.6 Å². The minimum absolute atomic E-state index is 0.00844. The van der Waals surface area contributed by atoms with Crippen LogP contribution in [0.25, 0.3) is 0 Å². The van der Waals surface area contributed by atoms with Gasteiger partial charge < -0.3 is 10.1 Å². The highest BCUT2D eigenvalue weighted by molar-refractivity contribution is 7.93. The zero-order chi connectivity index (χ0) is 21.0. The molecular weight excluding hydrogens is 392 g/mol. The number of sulfonamides is 1. The molecule has 1 aliphatic rings. The molecule has 154 valence electrons. The van der Waals surface area contributed by atoms with Gasteiger partial charge in [-0.2, -0.15) is 0 Å². The molecule has 0 spiro atoms. The van der Waals surface area contributed by atoms with Crippen LogP contribution in [-0.4, -0.2) is 39.7 Å². The molecule has 1 N–H and O–H groups in total. The van der Waals surface area contributed by atoms with Gasteiger partial charge in [-0.3, -0.25) is 13.9 Å². The van der Waals surface area contributed by atoms with E-state index in [0.29, 0.717) is 24.2 Å².